The van der Waals surface area contributed by atoms with Gasteiger partial charge in [-0.25, -0.2) is 0 Å². The number of nitrogens with zero attached hydrogens (tertiary/aromatic N) is 3. The van der Waals surface area contributed by atoms with Crippen LogP contribution in [0.5, 0.6) is 0 Å². The van der Waals surface area contributed by atoms with Crippen LogP contribution in [0.1, 0.15) is 10.5 Å². The number of aliphatic carboxylic acids is 1. The standard InChI is InChI=1S/C8H9N3O3S/c1-2-3-11(5-7(12)13)8(14)6-4-9-15-10-6/h2,4H,1,3,5H2,(H,12,13). The third kappa shape index (κ3) is 3.13. The van der Waals surface area contributed by atoms with Gasteiger partial charge in [0.1, 0.15) is 6.54 Å². The van der Waals surface area contributed by atoms with Crippen LogP contribution in [-0.4, -0.2) is 43.7 Å². The Morgan fingerprint density at radius 3 is 2.87 bits per heavy atom. The largest absolute Gasteiger partial charge is 0.480 e. The van der Waals surface area contributed by atoms with Crippen molar-refractivity contribution < 1.29 is 14.7 Å². The van der Waals surface area contributed by atoms with Gasteiger partial charge in [-0.05, 0) is 0 Å². The number of carboxylic acid groups (broad SMARTS) is 1. The van der Waals surface area contributed by atoms with E-state index in [0.29, 0.717) is 0 Å². The lowest BCUT2D eigenvalue weighted by atomic mass is 10.3. The van der Waals surface area contributed by atoms with Crippen molar-refractivity contribution in [2.45, 2.75) is 0 Å². The van der Waals surface area contributed by atoms with Gasteiger partial charge in [0, 0.05) is 6.54 Å². The van der Waals surface area contributed by atoms with Crippen LogP contribution >= 0.6 is 11.7 Å². The first-order chi connectivity index (χ1) is 7.15. The van der Waals surface area contributed by atoms with E-state index in [1.807, 2.05) is 0 Å². The van der Waals surface area contributed by atoms with Crippen molar-refractivity contribution in [2.24, 2.45) is 0 Å². The monoisotopic (exact) mass is 227 g/mol. The summed E-state index contributed by atoms with van der Waals surface area (Å²) in [4.78, 5) is 23.3. The maximum Gasteiger partial charge on any atom is 0.323 e. The van der Waals surface area contributed by atoms with E-state index in [1.165, 1.54) is 12.3 Å². The maximum atomic E-state index is 11.7. The minimum Gasteiger partial charge on any atom is -0.480 e. The zero-order valence-corrected chi connectivity index (χ0v) is 8.61. The van der Waals surface area contributed by atoms with Gasteiger partial charge in [-0.1, -0.05) is 6.08 Å². The third-order valence-corrected chi connectivity index (χ3v) is 2.02. The zero-order chi connectivity index (χ0) is 11.3. The van der Waals surface area contributed by atoms with E-state index in [0.717, 1.165) is 16.6 Å². The van der Waals surface area contributed by atoms with Crippen molar-refractivity contribution in [1.29, 1.82) is 0 Å². The Hall–Kier alpha value is -1.76. The lowest BCUT2D eigenvalue weighted by Gasteiger charge is -2.16. The molecule has 0 fully saturated rings. The summed E-state index contributed by atoms with van der Waals surface area (Å²) < 4.78 is 7.41. The molecular formula is C8H9N3O3S. The Bertz CT molecular complexity index is 363. The predicted octanol–water partition coefficient (Wildman–Crippen LogP) is 0.251. The van der Waals surface area contributed by atoms with Crippen LogP contribution in [0.15, 0.2) is 18.9 Å². The highest BCUT2D eigenvalue weighted by Gasteiger charge is 2.19. The molecule has 0 radical (unpaired) electrons. The molecule has 0 atom stereocenters. The van der Waals surface area contributed by atoms with E-state index in [1.54, 1.807) is 0 Å². The molecular weight excluding hydrogens is 218 g/mol. The average molecular weight is 227 g/mol. The fraction of sp³-hybridized carbons (Fsp3) is 0.250. The molecule has 6 nitrogen and oxygen atoms in total. The normalized spacial score (nSPS) is 9.60. The Labute approximate surface area is 90.2 Å². The minimum absolute atomic E-state index is 0.156. The molecule has 1 rings (SSSR count). The molecule has 7 heteroatoms. The van der Waals surface area contributed by atoms with Crippen molar-refractivity contribution in [3.8, 4) is 0 Å². The summed E-state index contributed by atoms with van der Waals surface area (Å²) in [6, 6.07) is 0. The molecule has 15 heavy (non-hydrogen) atoms. The van der Waals surface area contributed by atoms with Gasteiger partial charge >= 0.3 is 5.97 Å². The number of amides is 1. The second kappa shape index (κ2) is 5.20. The van der Waals surface area contributed by atoms with Gasteiger partial charge in [0.25, 0.3) is 5.91 Å². The highest BCUT2D eigenvalue weighted by Crippen LogP contribution is 2.02. The number of hydrogen-bond donors (Lipinski definition) is 1. The molecule has 0 unspecified atom stereocenters. The van der Waals surface area contributed by atoms with Crippen LogP contribution in [0, 0.1) is 0 Å². The minimum atomic E-state index is -1.08. The van der Waals surface area contributed by atoms with Crippen molar-refractivity contribution in [3.63, 3.8) is 0 Å². The zero-order valence-electron chi connectivity index (χ0n) is 7.79. The summed E-state index contributed by atoms with van der Waals surface area (Å²) >= 11 is 0.902. The molecule has 80 valence electrons. The smallest absolute Gasteiger partial charge is 0.323 e. The molecule has 1 heterocycles. The van der Waals surface area contributed by atoms with E-state index < -0.39 is 11.9 Å². The molecule has 0 aliphatic rings. The summed E-state index contributed by atoms with van der Waals surface area (Å²) in [5.74, 6) is -1.53. The van der Waals surface area contributed by atoms with Crippen molar-refractivity contribution >= 4 is 23.6 Å². The summed E-state index contributed by atoms with van der Waals surface area (Å²) in [5.41, 5.74) is 0.156. The quantitative estimate of drug-likeness (QED) is 0.729. The Kier molecular flexibility index (Phi) is 3.92. The molecule has 0 aromatic carbocycles. The van der Waals surface area contributed by atoms with E-state index >= 15 is 0 Å². The van der Waals surface area contributed by atoms with Crippen LogP contribution in [0.25, 0.3) is 0 Å². The lowest BCUT2D eigenvalue weighted by molar-refractivity contribution is -0.137. The van der Waals surface area contributed by atoms with Crippen LogP contribution in [0.4, 0.5) is 0 Å². The van der Waals surface area contributed by atoms with E-state index in [9.17, 15) is 9.59 Å². The second-order valence-corrected chi connectivity index (χ2v) is 3.22. The molecule has 1 N–H and O–H groups in total. The van der Waals surface area contributed by atoms with Gasteiger partial charge in [-0.15, -0.1) is 6.58 Å². The fourth-order valence-corrected chi connectivity index (χ4v) is 1.37. The second-order valence-electron chi connectivity index (χ2n) is 2.66. The van der Waals surface area contributed by atoms with Gasteiger partial charge < -0.3 is 10.0 Å². The molecule has 1 aromatic heterocycles. The first kappa shape index (κ1) is 11.3. The number of carboxylic acids is 1. The lowest BCUT2D eigenvalue weighted by Crippen LogP contribution is -2.35. The first-order valence-electron chi connectivity index (χ1n) is 4.04. The Morgan fingerprint density at radius 2 is 2.40 bits per heavy atom. The van der Waals surface area contributed by atoms with Gasteiger partial charge in [-0.2, -0.15) is 8.75 Å². The molecule has 1 amide bonds. The van der Waals surface area contributed by atoms with Gasteiger partial charge in [0.05, 0.1) is 17.9 Å². The topological polar surface area (TPSA) is 83.4 Å². The highest BCUT2D eigenvalue weighted by molar-refractivity contribution is 6.99. The summed E-state index contributed by atoms with van der Waals surface area (Å²) in [5, 5.41) is 8.60. The first-order valence-corrected chi connectivity index (χ1v) is 4.77. The number of hydrogen-bond acceptors (Lipinski definition) is 5. The summed E-state index contributed by atoms with van der Waals surface area (Å²) in [6.07, 6.45) is 2.77. The van der Waals surface area contributed by atoms with Crippen LogP contribution in [0.3, 0.4) is 0 Å². The number of rotatable bonds is 5. The van der Waals surface area contributed by atoms with Crippen molar-refractivity contribution in [3.05, 3.63) is 24.5 Å². The third-order valence-electron chi connectivity index (χ3n) is 1.54. The van der Waals surface area contributed by atoms with Crippen LogP contribution < -0.4 is 0 Å². The Balaban J connectivity index is 2.75. The molecule has 0 bridgehead atoms. The van der Waals surface area contributed by atoms with Gasteiger partial charge in [0.2, 0.25) is 0 Å². The van der Waals surface area contributed by atoms with Crippen LogP contribution in [-0.2, 0) is 4.79 Å². The summed E-state index contributed by atoms with van der Waals surface area (Å²) in [7, 11) is 0. The highest BCUT2D eigenvalue weighted by atomic mass is 32.1. The molecule has 0 spiro atoms. The Morgan fingerprint density at radius 1 is 1.67 bits per heavy atom. The van der Waals surface area contributed by atoms with Gasteiger partial charge in [0.15, 0.2) is 5.69 Å². The van der Waals surface area contributed by atoms with E-state index in [4.69, 9.17) is 5.11 Å². The van der Waals surface area contributed by atoms with E-state index in [2.05, 4.69) is 15.3 Å². The van der Waals surface area contributed by atoms with Crippen molar-refractivity contribution in [1.82, 2.24) is 13.6 Å². The number of carbonyl (C=O) groups excluding carboxylic acids is 1. The van der Waals surface area contributed by atoms with E-state index in [-0.39, 0.29) is 18.8 Å². The average Bonchev–Trinajstić information content (AvgIpc) is 2.68. The molecule has 0 aliphatic heterocycles. The predicted molar refractivity (Wildman–Crippen MR) is 53.6 cm³/mol. The van der Waals surface area contributed by atoms with Crippen LogP contribution in [0.2, 0.25) is 0 Å². The number of carbonyl (C=O) groups is 2. The van der Waals surface area contributed by atoms with Crippen molar-refractivity contribution in [2.75, 3.05) is 13.1 Å². The van der Waals surface area contributed by atoms with Gasteiger partial charge in [-0.3, -0.25) is 9.59 Å². The maximum absolute atomic E-state index is 11.7. The molecule has 1 aromatic rings. The number of aromatic nitrogens is 2. The molecule has 0 aliphatic carbocycles. The molecule has 0 saturated heterocycles. The fourth-order valence-electron chi connectivity index (χ4n) is 0.959. The summed E-state index contributed by atoms with van der Waals surface area (Å²) in [6.45, 7) is 3.25. The SMILES string of the molecule is C=CCN(CC(=O)O)C(=O)c1cnsn1. The molecule has 0 saturated carbocycles.